The summed E-state index contributed by atoms with van der Waals surface area (Å²) < 4.78 is 10.5. The molecule has 0 saturated heterocycles. The summed E-state index contributed by atoms with van der Waals surface area (Å²) in [4.78, 5) is 25.1. The Labute approximate surface area is 157 Å². The van der Waals surface area contributed by atoms with E-state index in [4.69, 9.17) is 9.26 Å². The van der Waals surface area contributed by atoms with Crippen LogP contribution in [0.4, 0.5) is 0 Å². The highest BCUT2D eigenvalue weighted by molar-refractivity contribution is 7.98. The molecule has 0 aliphatic carbocycles. The van der Waals surface area contributed by atoms with Crippen LogP contribution in [0.1, 0.15) is 34.3 Å². The van der Waals surface area contributed by atoms with E-state index >= 15 is 0 Å². The maximum Gasteiger partial charge on any atom is 0.340 e. The molecule has 26 heavy (non-hydrogen) atoms. The number of hydrogen-bond acceptors (Lipinski definition) is 6. The molecular formula is C19H22N2O4S. The summed E-state index contributed by atoms with van der Waals surface area (Å²) in [5, 5.41) is 6.54. The van der Waals surface area contributed by atoms with Gasteiger partial charge in [-0.25, -0.2) is 4.79 Å². The molecule has 1 aromatic carbocycles. The van der Waals surface area contributed by atoms with Crippen molar-refractivity contribution in [3.63, 3.8) is 0 Å². The van der Waals surface area contributed by atoms with Gasteiger partial charge < -0.3 is 14.6 Å². The van der Waals surface area contributed by atoms with Gasteiger partial charge in [0.15, 0.2) is 6.10 Å². The molecule has 1 aromatic heterocycles. The molecule has 1 heterocycles. The maximum absolute atomic E-state index is 12.5. The van der Waals surface area contributed by atoms with E-state index in [-0.39, 0.29) is 5.91 Å². The third kappa shape index (κ3) is 4.98. The Hall–Kier alpha value is -2.54. The number of nitrogens with zero attached hydrogens (tertiary/aromatic N) is 1. The first-order valence-corrected chi connectivity index (χ1v) is 9.15. The third-order valence-electron chi connectivity index (χ3n) is 3.73. The molecule has 0 aliphatic rings. The number of aryl methyl sites for hydroxylation is 2. The van der Waals surface area contributed by atoms with Crippen molar-refractivity contribution < 1.29 is 18.8 Å². The van der Waals surface area contributed by atoms with Crippen molar-refractivity contribution in [1.82, 2.24) is 10.5 Å². The van der Waals surface area contributed by atoms with Crippen LogP contribution in [0.5, 0.6) is 0 Å². The van der Waals surface area contributed by atoms with Crippen molar-refractivity contribution in [1.29, 1.82) is 0 Å². The van der Waals surface area contributed by atoms with Crippen LogP contribution in [-0.4, -0.2) is 29.7 Å². The van der Waals surface area contributed by atoms with Gasteiger partial charge in [-0.1, -0.05) is 23.4 Å². The minimum atomic E-state index is -0.886. The van der Waals surface area contributed by atoms with Crippen molar-refractivity contribution in [2.24, 2.45) is 0 Å². The zero-order valence-corrected chi connectivity index (χ0v) is 15.9. The Morgan fingerprint density at radius 1 is 1.38 bits per heavy atom. The topological polar surface area (TPSA) is 81.4 Å². The van der Waals surface area contributed by atoms with Gasteiger partial charge in [0.05, 0.1) is 11.3 Å². The number of hydrogen-bond donors (Lipinski definition) is 1. The first kappa shape index (κ1) is 19.8. The summed E-state index contributed by atoms with van der Waals surface area (Å²) in [6.07, 6.45) is 0.677. The molecule has 138 valence electrons. The Bertz CT molecular complexity index is 781. The Kier molecular flexibility index (Phi) is 7.03. The largest absolute Gasteiger partial charge is 0.449 e. The number of thioether (sulfide) groups is 1. The molecule has 0 radical (unpaired) electrons. The summed E-state index contributed by atoms with van der Waals surface area (Å²) in [6.45, 7) is 9.14. The molecule has 2 aromatic rings. The van der Waals surface area contributed by atoms with Crippen LogP contribution in [0, 0.1) is 13.8 Å². The Morgan fingerprint density at radius 3 is 2.77 bits per heavy atom. The summed E-state index contributed by atoms with van der Waals surface area (Å²) in [7, 11) is 0. The second-order valence-electron chi connectivity index (χ2n) is 5.67. The predicted molar refractivity (Wildman–Crippen MR) is 100 cm³/mol. The van der Waals surface area contributed by atoms with Gasteiger partial charge in [-0.3, -0.25) is 4.79 Å². The molecule has 0 bridgehead atoms. The summed E-state index contributed by atoms with van der Waals surface area (Å²) in [5.74, 6) is 0.496. The van der Waals surface area contributed by atoms with E-state index in [1.165, 1.54) is 18.7 Å². The number of ether oxygens (including phenoxy) is 1. The monoisotopic (exact) mass is 374 g/mol. The minimum absolute atomic E-state index is 0.324. The zero-order valence-electron chi connectivity index (χ0n) is 15.1. The standard InChI is InChI=1S/C19H22N2O4S/c1-5-10-20-18(22)14(4)24-19(23)15-8-6-7-9-17(15)26-11-16-12(2)21-25-13(16)3/h5-9,14H,1,10-11H2,2-4H3,(H,20,22)/t14-/m1/s1. The molecule has 6 nitrogen and oxygen atoms in total. The highest BCUT2D eigenvalue weighted by atomic mass is 32.2. The number of benzene rings is 1. The first-order valence-electron chi connectivity index (χ1n) is 8.17. The fraction of sp³-hybridized carbons (Fsp3) is 0.316. The zero-order chi connectivity index (χ0) is 19.1. The summed E-state index contributed by atoms with van der Waals surface area (Å²) in [6, 6.07) is 7.15. The van der Waals surface area contributed by atoms with Crippen LogP contribution in [-0.2, 0) is 15.3 Å². The molecular weight excluding hydrogens is 352 g/mol. The fourth-order valence-electron chi connectivity index (χ4n) is 2.21. The average Bonchev–Trinajstić information content (AvgIpc) is 2.95. The molecule has 7 heteroatoms. The van der Waals surface area contributed by atoms with E-state index in [1.54, 1.807) is 18.2 Å². The molecule has 1 amide bonds. The molecule has 1 atom stereocenters. The van der Waals surface area contributed by atoms with Gasteiger partial charge >= 0.3 is 5.97 Å². The normalized spacial score (nSPS) is 11.7. The lowest BCUT2D eigenvalue weighted by molar-refractivity contribution is -0.128. The van der Waals surface area contributed by atoms with Crippen LogP contribution < -0.4 is 5.32 Å². The SMILES string of the molecule is C=CCNC(=O)[C@@H](C)OC(=O)c1ccccc1SCc1c(C)noc1C. The molecule has 0 aliphatic heterocycles. The van der Waals surface area contributed by atoms with E-state index in [1.807, 2.05) is 26.0 Å². The maximum atomic E-state index is 12.5. The Balaban J connectivity index is 2.06. The molecule has 2 rings (SSSR count). The quantitative estimate of drug-likeness (QED) is 0.433. The van der Waals surface area contributed by atoms with Crippen LogP contribution in [0.25, 0.3) is 0 Å². The van der Waals surface area contributed by atoms with Crippen LogP contribution in [0.2, 0.25) is 0 Å². The van der Waals surface area contributed by atoms with E-state index in [0.29, 0.717) is 17.9 Å². The third-order valence-corrected chi connectivity index (χ3v) is 4.83. The highest BCUT2D eigenvalue weighted by Gasteiger charge is 2.21. The van der Waals surface area contributed by atoms with Crippen molar-refractivity contribution in [3.05, 3.63) is 59.5 Å². The van der Waals surface area contributed by atoms with Gasteiger partial charge in [0.2, 0.25) is 0 Å². The van der Waals surface area contributed by atoms with E-state index < -0.39 is 12.1 Å². The lowest BCUT2D eigenvalue weighted by atomic mass is 10.2. The number of carbonyl (C=O) groups excluding carboxylic acids is 2. The summed E-state index contributed by atoms with van der Waals surface area (Å²) in [5.41, 5.74) is 2.27. The van der Waals surface area contributed by atoms with Crippen LogP contribution in [0.3, 0.4) is 0 Å². The minimum Gasteiger partial charge on any atom is -0.449 e. The van der Waals surface area contributed by atoms with Gasteiger partial charge in [0.1, 0.15) is 5.76 Å². The number of amides is 1. The van der Waals surface area contributed by atoms with E-state index in [0.717, 1.165) is 21.9 Å². The Morgan fingerprint density at radius 2 is 2.12 bits per heavy atom. The second-order valence-corrected chi connectivity index (χ2v) is 6.69. The molecule has 0 spiro atoms. The first-order chi connectivity index (χ1) is 12.4. The number of aromatic nitrogens is 1. The fourth-order valence-corrected chi connectivity index (χ4v) is 3.41. The smallest absolute Gasteiger partial charge is 0.340 e. The lowest BCUT2D eigenvalue weighted by Gasteiger charge is -2.14. The highest BCUT2D eigenvalue weighted by Crippen LogP contribution is 2.29. The average molecular weight is 374 g/mol. The van der Waals surface area contributed by atoms with Crippen LogP contribution in [0.15, 0.2) is 46.3 Å². The van der Waals surface area contributed by atoms with Gasteiger partial charge in [-0.2, -0.15) is 0 Å². The number of carbonyl (C=O) groups is 2. The van der Waals surface area contributed by atoms with Crippen LogP contribution >= 0.6 is 11.8 Å². The predicted octanol–water partition coefficient (Wildman–Crippen LogP) is 3.43. The number of esters is 1. The number of rotatable bonds is 8. The van der Waals surface area contributed by atoms with Crippen molar-refractivity contribution >= 4 is 23.6 Å². The molecule has 0 unspecified atom stereocenters. The molecule has 0 fully saturated rings. The van der Waals surface area contributed by atoms with Gasteiger partial charge in [-0.15, -0.1) is 18.3 Å². The lowest BCUT2D eigenvalue weighted by Crippen LogP contribution is -2.35. The molecule has 0 saturated carbocycles. The van der Waals surface area contributed by atoms with Crippen molar-refractivity contribution in [2.75, 3.05) is 6.54 Å². The van der Waals surface area contributed by atoms with Crippen molar-refractivity contribution in [2.45, 2.75) is 37.5 Å². The van der Waals surface area contributed by atoms with Gasteiger partial charge in [-0.05, 0) is 32.9 Å². The van der Waals surface area contributed by atoms with E-state index in [9.17, 15) is 9.59 Å². The molecule has 1 N–H and O–H groups in total. The summed E-state index contributed by atoms with van der Waals surface area (Å²) >= 11 is 1.50. The van der Waals surface area contributed by atoms with Gasteiger partial charge in [0, 0.05) is 22.8 Å². The van der Waals surface area contributed by atoms with E-state index in [2.05, 4.69) is 17.1 Å². The van der Waals surface area contributed by atoms with Crippen molar-refractivity contribution in [3.8, 4) is 0 Å². The second kappa shape index (κ2) is 9.24. The number of nitrogens with one attached hydrogen (secondary N) is 1. The van der Waals surface area contributed by atoms with Gasteiger partial charge in [0.25, 0.3) is 5.91 Å².